The summed E-state index contributed by atoms with van der Waals surface area (Å²) in [5.41, 5.74) is 0. The van der Waals surface area contributed by atoms with Gasteiger partial charge in [-0.05, 0) is 12.5 Å². The van der Waals surface area contributed by atoms with Crippen molar-refractivity contribution in [2.45, 2.75) is 12.5 Å². The van der Waals surface area contributed by atoms with Gasteiger partial charge >= 0.3 is 0 Å². The molecule has 0 aromatic heterocycles. The Labute approximate surface area is 53.5 Å². The van der Waals surface area contributed by atoms with Gasteiger partial charge in [-0.3, -0.25) is 4.79 Å². The van der Waals surface area contributed by atoms with E-state index in [9.17, 15) is 4.79 Å². The molecule has 1 aliphatic heterocycles. The van der Waals surface area contributed by atoms with Crippen LogP contribution in [0.15, 0.2) is 12.2 Å². The third kappa shape index (κ3) is 0.630. The van der Waals surface area contributed by atoms with E-state index in [4.69, 9.17) is 4.74 Å². The van der Waals surface area contributed by atoms with Gasteiger partial charge in [-0.15, -0.1) is 0 Å². The van der Waals surface area contributed by atoms with E-state index < -0.39 is 0 Å². The SMILES string of the molecule is O=C1C=CC2CCOC12. The molecule has 1 fully saturated rings. The van der Waals surface area contributed by atoms with Crippen LogP contribution in [-0.2, 0) is 9.53 Å². The van der Waals surface area contributed by atoms with Crippen LogP contribution in [0, 0.1) is 5.92 Å². The fourth-order valence-electron chi connectivity index (χ4n) is 1.41. The van der Waals surface area contributed by atoms with Crippen LogP contribution in [0.1, 0.15) is 6.42 Å². The Morgan fingerprint density at radius 3 is 3.33 bits per heavy atom. The summed E-state index contributed by atoms with van der Waals surface area (Å²) >= 11 is 0. The summed E-state index contributed by atoms with van der Waals surface area (Å²) in [4.78, 5) is 10.8. The number of ether oxygens (including phenoxy) is 1. The van der Waals surface area contributed by atoms with Gasteiger partial charge in [0.05, 0.1) is 0 Å². The quantitative estimate of drug-likeness (QED) is 0.471. The highest BCUT2D eigenvalue weighted by Gasteiger charge is 2.34. The third-order valence-corrected chi connectivity index (χ3v) is 1.93. The van der Waals surface area contributed by atoms with Crippen LogP contribution >= 0.6 is 0 Å². The summed E-state index contributed by atoms with van der Waals surface area (Å²) in [5, 5.41) is 0. The van der Waals surface area contributed by atoms with E-state index in [0.29, 0.717) is 5.92 Å². The molecule has 0 N–H and O–H groups in total. The summed E-state index contributed by atoms with van der Waals surface area (Å²) in [7, 11) is 0. The summed E-state index contributed by atoms with van der Waals surface area (Å²) in [5.74, 6) is 0.551. The van der Waals surface area contributed by atoms with Crippen molar-refractivity contribution in [3.63, 3.8) is 0 Å². The van der Waals surface area contributed by atoms with Gasteiger partial charge in [0.2, 0.25) is 0 Å². The second-order valence-electron chi connectivity index (χ2n) is 2.51. The number of fused-ring (bicyclic) bond motifs is 1. The molecule has 2 nitrogen and oxygen atoms in total. The first-order chi connectivity index (χ1) is 4.38. The van der Waals surface area contributed by atoms with E-state index in [0.717, 1.165) is 13.0 Å². The fourth-order valence-corrected chi connectivity index (χ4v) is 1.41. The molecule has 0 bridgehead atoms. The fraction of sp³-hybridized carbons (Fsp3) is 0.571. The Morgan fingerprint density at radius 1 is 1.67 bits per heavy atom. The normalized spacial score (nSPS) is 39.8. The second kappa shape index (κ2) is 1.67. The third-order valence-electron chi connectivity index (χ3n) is 1.93. The molecule has 1 saturated heterocycles. The number of hydrogen-bond acceptors (Lipinski definition) is 2. The molecule has 9 heavy (non-hydrogen) atoms. The van der Waals surface area contributed by atoms with Crippen molar-refractivity contribution >= 4 is 5.78 Å². The highest BCUT2D eigenvalue weighted by molar-refractivity contribution is 5.96. The van der Waals surface area contributed by atoms with Gasteiger partial charge in [0.25, 0.3) is 0 Å². The van der Waals surface area contributed by atoms with Gasteiger partial charge < -0.3 is 4.74 Å². The molecule has 1 aliphatic carbocycles. The number of carbonyl (C=O) groups excluding carboxylic acids is 1. The average molecular weight is 124 g/mol. The molecule has 0 aromatic carbocycles. The first-order valence-corrected chi connectivity index (χ1v) is 3.21. The van der Waals surface area contributed by atoms with Crippen LogP contribution < -0.4 is 0 Å². The largest absolute Gasteiger partial charge is 0.369 e. The lowest BCUT2D eigenvalue weighted by Gasteiger charge is -2.03. The van der Waals surface area contributed by atoms with Crippen LogP contribution in [0.2, 0.25) is 0 Å². The zero-order valence-electron chi connectivity index (χ0n) is 5.04. The van der Waals surface area contributed by atoms with Crippen LogP contribution in [0.25, 0.3) is 0 Å². The van der Waals surface area contributed by atoms with E-state index in [1.807, 2.05) is 6.08 Å². The number of carbonyl (C=O) groups is 1. The summed E-state index contributed by atoms with van der Waals surface area (Å²) in [6.07, 6.45) is 4.51. The molecule has 0 radical (unpaired) electrons. The zero-order valence-corrected chi connectivity index (χ0v) is 5.04. The Balaban J connectivity index is 2.24. The van der Waals surface area contributed by atoms with Crippen molar-refractivity contribution in [2.24, 2.45) is 5.92 Å². The van der Waals surface area contributed by atoms with Crippen LogP contribution in [-0.4, -0.2) is 18.5 Å². The van der Waals surface area contributed by atoms with Crippen molar-refractivity contribution in [2.75, 3.05) is 6.61 Å². The van der Waals surface area contributed by atoms with Gasteiger partial charge in [-0.1, -0.05) is 6.08 Å². The molecular formula is C7H8O2. The smallest absolute Gasteiger partial charge is 0.184 e. The molecule has 2 aliphatic rings. The Hall–Kier alpha value is -0.630. The highest BCUT2D eigenvalue weighted by Crippen LogP contribution is 2.27. The molecule has 1 heterocycles. The molecule has 2 unspecified atom stereocenters. The van der Waals surface area contributed by atoms with Crippen LogP contribution in [0.3, 0.4) is 0 Å². The van der Waals surface area contributed by atoms with Crippen molar-refractivity contribution in [3.05, 3.63) is 12.2 Å². The Kier molecular flexibility index (Phi) is 0.963. The van der Waals surface area contributed by atoms with Crippen molar-refractivity contribution in [1.29, 1.82) is 0 Å². The predicted octanol–water partition coefficient (Wildman–Crippen LogP) is 0.530. The number of hydrogen-bond donors (Lipinski definition) is 0. The summed E-state index contributed by atoms with van der Waals surface area (Å²) < 4.78 is 5.18. The van der Waals surface area contributed by atoms with E-state index in [1.165, 1.54) is 0 Å². The van der Waals surface area contributed by atoms with Crippen molar-refractivity contribution in [1.82, 2.24) is 0 Å². The highest BCUT2D eigenvalue weighted by atomic mass is 16.5. The molecule has 0 spiro atoms. The Morgan fingerprint density at radius 2 is 2.56 bits per heavy atom. The van der Waals surface area contributed by atoms with Crippen LogP contribution in [0.5, 0.6) is 0 Å². The zero-order chi connectivity index (χ0) is 6.27. The predicted molar refractivity (Wildman–Crippen MR) is 32.0 cm³/mol. The van der Waals surface area contributed by atoms with Gasteiger partial charge in [-0.2, -0.15) is 0 Å². The van der Waals surface area contributed by atoms with E-state index in [-0.39, 0.29) is 11.9 Å². The van der Waals surface area contributed by atoms with E-state index in [2.05, 4.69) is 0 Å². The minimum Gasteiger partial charge on any atom is -0.369 e. The van der Waals surface area contributed by atoms with Gasteiger partial charge in [0, 0.05) is 12.5 Å². The Bertz CT molecular complexity index is 172. The molecule has 0 saturated carbocycles. The minimum absolute atomic E-state index is 0.106. The number of rotatable bonds is 0. The molecule has 2 rings (SSSR count). The van der Waals surface area contributed by atoms with E-state index in [1.54, 1.807) is 6.08 Å². The van der Waals surface area contributed by atoms with Crippen molar-refractivity contribution < 1.29 is 9.53 Å². The molecule has 2 heteroatoms. The summed E-state index contributed by atoms with van der Waals surface area (Å²) in [6, 6.07) is 0. The maximum absolute atomic E-state index is 10.8. The number of ketones is 1. The molecule has 2 atom stereocenters. The summed E-state index contributed by atoms with van der Waals surface area (Å²) in [6.45, 7) is 0.755. The lowest BCUT2D eigenvalue weighted by molar-refractivity contribution is -0.122. The van der Waals surface area contributed by atoms with Gasteiger partial charge in [0.15, 0.2) is 5.78 Å². The van der Waals surface area contributed by atoms with Crippen LogP contribution in [0.4, 0.5) is 0 Å². The topological polar surface area (TPSA) is 26.3 Å². The molecular weight excluding hydrogens is 116 g/mol. The molecule has 0 aromatic rings. The monoisotopic (exact) mass is 124 g/mol. The first kappa shape index (κ1) is 5.18. The van der Waals surface area contributed by atoms with Crippen molar-refractivity contribution in [3.8, 4) is 0 Å². The maximum atomic E-state index is 10.8. The van der Waals surface area contributed by atoms with E-state index >= 15 is 0 Å². The van der Waals surface area contributed by atoms with Gasteiger partial charge in [0.1, 0.15) is 6.10 Å². The second-order valence-corrected chi connectivity index (χ2v) is 2.51. The maximum Gasteiger partial charge on any atom is 0.184 e. The lowest BCUT2D eigenvalue weighted by Crippen LogP contribution is -2.17. The standard InChI is InChI=1S/C7H8O2/c8-6-2-1-5-3-4-9-7(5)6/h1-2,5,7H,3-4H2. The molecule has 48 valence electrons. The average Bonchev–Trinajstić information content (AvgIpc) is 2.35. The first-order valence-electron chi connectivity index (χ1n) is 3.21. The lowest BCUT2D eigenvalue weighted by atomic mass is 10.1. The molecule has 0 amide bonds. The minimum atomic E-state index is -0.106. The van der Waals surface area contributed by atoms with Gasteiger partial charge in [-0.25, -0.2) is 0 Å².